The van der Waals surface area contributed by atoms with E-state index < -0.39 is 6.10 Å². The molecular weight excluding hydrogens is 396 g/mol. The number of ether oxygens (including phenoxy) is 2. The smallest absolute Gasteiger partial charge is 0.341 e. The van der Waals surface area contributed by atoms with Crippen molar-refractivity contribution in [1.29, 1.82) is 0 Å². The van der Waals surface area contributed by atoms with Gasteiger partial charge < -0.3 is 19.0 Å². The summed E-state index contributed by atoms with van der Waals surface area (Å²) in [6.45, 7) is 4.40. The van der Waals surface area contributed by atoms with Crippen molar-refractivity contribution in [2.75, 3.05) is 46.9 Å². The van der Waals surface area contributed by atoms with Crippen LogP contribution in [0, 0.1) is 0 Å². The van der Waals surface area contributed by atoms with Crippen molar-refractivity contribution >= 4 is 0 Å². The van der Waals surface area contributed by atoms with Gasteiger partial charge in [0.15, 0.2) is 11.5 Å². The van der Waals surface area contributed by atoms with E-state index >= 15 is 0 Å². The van der Waals surface area contributed by atoms with Crippen LogP contribution < -0.4 is 15.1 Å². The predicted molar refractivity (Wildman–Crippen MR) is 118 cm³/mol. The van der Waals surface area contributed by atoms with Gasteiger partial charge in [0, 0.05) is 44.8 Å². The zero-order valence-corrected chi connectivity index (χ0v) is 17.9. The lowest BCUT2D eigenvalue weighted by Gasteiger charge is -2.35. The lowest BCUT2D eigenvalue weighted by atomic mass is 10.1. The van der Waals surface area contributed by atoms with Crippen LogP contribution in [0.2, 0.25) is 0 Å². The molecule has 1 N–H and O–H groups in total. The third-order valence-corrected chi connectivity index (χ3v) is 5.84. The monoisotopic (exact) mass is 424 g/mol. The van der Waals surface area contributed by atoms with Crippen LogP contribution >= 0.6 is 0 Å². The summed E-state index contributed by atoms with van der Waals surface area (Å²) in [7, 11) is 3.18. The molecule has 2 heterocycles. The van der Waals surface area contributed by atoms with Crippen LogP contribution in [0.4, 0.5) is 0 Å². The van der Waals surface area contributed by atoms with Crippen LogP contribution in [0.3, 0.4) is 0 Å². The minimum Gasteiger partial charge on any atom is -0.493 e. The summed E-state index contributed by atoms with van der Waals surface area (Å²) >= 11 is 0. The quantitative estimate of drug-likeness (QED) is 0.625. The number of benzene rings is 1. The Morgan fingerprint density at radius 1 is 0.968 bits per heavy atom. The van der Waals surface area contributed by atoms with Crippen molar-refractivity contribution in [3.63, 3.8) is 0 Å². The minimum atomic E-state index is -0.614. The van der Waals surface area contributed by atoms with Gasteiger partial charge in [0.1, 0.15) is 5.76 Å². The van der Waals surface area contributed by atoms with Crippen LogP contribution in [0.5, 0.6) is 11.5 Å². The first-order valence-corrected chi connectivity index (χ1v) is 10.4. The molecular formula is C24H28N2O5. The van der Waals surface area contributed by atoms with Gasteiger partial charge in [-0.25, -0.2) is 4.79 Å². The second-order valence-electron chi connectivity index (χ2n) is 7.76. The number of hydrogen-bond donors (Lipinski definition) is 1. The van der Waals surface area contributed by atoms with E-state index in [4.69, 9.17) is 13.9 Å². The Bertz CT molecular complexity index is 1040. The number of methoxy groups -OCH3 is 2. The highest BCUT2D eigenvalue weighted by molar-refractivity contribution is 5.62. The third kappa shape index (κ3) is 4.74. The molecule has 164 valence electrons. The van der Waals surface area contributed by atoms with Crippen molar-refractivity contribution in [1.82, 2.24) is 9.80 Å². The lowest BCUT2D eigenvalue weighted by Crippen LogP contribution is -2.47. The summed E-state index contributed by atoms with van der Waals surface area (Å²) in [5, 5.41) is 10.7. The highest BCUT2D eigenvalue weighted by Gasteiger charge is 2.24. The molecule has 1 fully saturated rings. The lowest BCUT2D eigenvalue weighted by molar-refractivity contribution is 0.0698. The SMILES string of the molecule is COc1ccc(C(O)CN2CCN(Cc3c4cccccc-4oc3=O)CC2)cc1OC. The summed E-state index contributed by atoms with van der Waals surface area (Å²) in [5.74, 6) is 1.88. The zero-order chi connectivity index (χ0) is 21.8. The summed E-state index contributed by atoms with van der Waals surface area (Å²) in [6.07, 6.45) is -0.614. The Labute approximate surface area is 181 Å². The van der Waals surface area contributed by atoms with Crippen molar-refractivity contribution < 1.29 is 19.0 Å². The molecule has 7 nitrogen and oxygen atoms in total. The van der Waals surface area contributed by atoms with Gasteiger partial charge in [-0.3, -0.25) is 9.80 Å². The van der Waals surface area contributed by atoms with Crippen LogP contribution in [-0.4, -0.2) is 61.8 Å². The number of furan rings is 1. The standard InChI is InChI=1S/C24H28N2O5/c1-29-22-9-8-17(14-23(22)30-2)20(27)16-26-12-10-25(11-13-26)15-19-18-6-4-3-5-7-21(18)31-24(19)28/h3-9,14,20,27H,10-13,15-16H2,1-2H3. The van der Waals surface area contributed by atoms with E-state index in [0.717, 1.165) is 37.3 Å². The van der Waals surface area contributed by atoms with Crippen molar-refractivity contribution in [3.05, 3.63) is 70.1 Å². The molecule has 1 aromatic carbocycles. The molecule has 3 aliphatic rings. The van der Waals surface area contributed by atoms with Gasteiger partial charge >= 0.3 is 5.63 Å². The summed E-state index contributed by atoms with van der Waals surface area (Å²) < 4.78 is 16.0. The van der Waals surface area contributed by atoms with Crippen LogP contribution in [0.1, 0.15) is 17.2 Å². The zero-order valence-electron chi connectivity index (χ0n) is 17.9. The number of piperazine rings is 1. The minimum absolute atomic E-state index is 0.257. The number of hydrogen-bond acceptors (Lipinski definition) is 7. The maximum Gasteiger partial charge on any atom is 0.341 e. The van der Waals surface area contributed by atoms with Gasteiger partial charge in [-0.15, -0.1) is 0 Å². The highest BCUT2D eigenvalue weighted by Crippen LogP contribution is 2.30. The largest absolute Gasteiger partial charge is 0.493 e. The Morgan fingerprint density at radius 3 is 2.42 bits per heavy atom. The highest BCUT2D eigenvalue weighted by atomic mass is 16.5. The van der Waals surface area contributed by atoms with E-state index in [2.05, 4.69) is 9.80 Å². The molecule has 1 saturated heterocycles. The molecule has 1 aromatic rings. The van der Waals surface area contributed by atoms with Crippen molar-refractivity contribution in [2.45, 2.75) is 12.6 Å². The molecule has 0 radical (unpaired) electrons. The molecule has 0 saturated carbocycles. The van der Waals surface area contributed by atoms with E-state index in [1.807, 2.05) is 48.5 Å². The van der Waals surface area contributed by atoms with Crippen molar-refractivity contribution in [3.8, 4) is 22.8 Å². The van der Waals surface area contributed by atoms with Gasteiger partial charge in [0.2, 0.25) is 0 Å². The molecule has 4 rings (SSSR count). The Balaban J connectivity index is 1.35. The summed E-state index contributed by atoms with van der Waals surface area (Å²) in [5.41, 5.74) is 2.13. The summed E-state index contributed by atoms with van der Waals surface area (Å²) in [6, 6.07) is 15.0. The third-order valence-electron chi connectivity index (χ3n) is 5.84. The van der Waals surface area contributed by atoms with Crippen LogP contribution in [0.15, 0.2) is 57.7 Å². The molecule has 7 heteroatoms. The van der Waals surface area contributed by atoms with E-state index in [0.29, 0.717) is 35.9 Å². The molecule has 0 aromatic heterocycles. The van der Waals surface area contributed by atoms with Crippen molar-refractivity contribution in [2.24, 2.45) is 0 Å². The van der Waals surface area contributed by atoms with Gasteiger partial charge in [0.05, 0.1) is 25.9 Å². The number of nitrogens with zero attached hydrogens (tertiary/aromatic N) is 2. The Hall–Kier alpha value is -2.87. The first-order valence-electron chi connectivity index (χ1n) is 10.4. The van der Waals surface area contributed by atoms with Crippen LogP contribution in [-0.2, 0) is 6.54 Å². The number of fused-ring (bicyclic) bond motifs is 1. The van der Waals surface area contributed by atoms with Gasteiger partial charge in [-0.2, -0.15) is 0 Å². The molecule has 1 atom stereocenters. The van der Waals surface area contributed by atoms with E-state index in [1.165, 1.54) is 0 Å². The molecule has 1 aliphatic carbocycles. The van der Waals surface area contributed by atoms with E-state index in [9.17, 15) is 9.90 Å². The fraction of sp³-hybridized carbons (Fsp3) is 0.375. The average Bonchev–Trinajstić information content (AvgIpc) is 2.94. The number of aliphatic hydroxyl groups is 1. The van der Waals surface area contributed by atoms with Gasteiger partial charge in [0.25, 0.3) is 0 Å². The van der Waals surface area contributed by atoms with Gasteiger partial charge in [-0.05, 0) is 23.8 Å². The maximum atomic E-state index is 12.3. The number of rotatable bonds is 7. The fourth-order valence-corrected chi connectivity index (χ4v) is 4.05. The molecule has 2 aliphatic heterocycles. The van der Waals surface area contributed by atoms with Crippen LogP contribution in [0.25, 0.3) is 11.3 Å². The molecule has 0 bridgehead atoms. The predicted octanol–water partition coefficient (Wildman–Crippen LogP) is 2.61. The topological polar surface area (TPSA) is 75.4 Å². The van der Waals surface area contributed by atoms with E-state index in [1.54, 1.807) is 14.2 Å². The molecule has 0 spiro atoms. The van der Waals surface area contributed by atoms with Gasteiger partial charge in [-0.1, -0.05) is 30.3 Å². The Morgan fingerprint density at radius 2 is 1.68 bits per heavy atom. The first kappa shape index (κ1) is 21.4. The average molecular weight is 424 g/mol. The number of β-amino-alcohol motifs (C(OH)–C–C–N with tert-alkyl or cyclic N) is 1. The molecule has 0 amide bonds. The molecule has 31 heavy (non-hydrogen) atoms. The fourth-order valence-electron chi connectivity index (χ4n) is 4.05. The second-order valence-corrected chi connectivity index (χ2v) is 7.76. The maximum absolute atomic E-state index is 12.3. The Kier molecular flexibility index (Phi) is 6.56. The first-order chi connectivity index (χ1) is 15.1. The van der Waals surface area contributed by atoms with E-state index in [-0.39, 0.29) is 5.63 Å². The second kappa shape index (κ2) is 9.51. The molecule has 1 unspecified atom stereocenters. The summed E-state index contributed by atoms with van der Waals surface area (Å²) in [4.78, 5) is 16.8. The number of aliphatic hydroxyl groups excluding tert-OH is 1. The normalized spacial score (nSPS) is 16.4.